The van der Waals surface area contributed by atoms with Crippen molar-refractivity contribution < 1.29 is 33.0 Å². The Balaban J connectivity index is 1.54. The van der Waals surface area contributed by atoms with E-state index in [-0.39, 0.29) is 30.4 Å². The first-order valence-electron chi connectivity index (χ1n) is 12.9. The highest BCUT2D eigenvalue weighted by atomic mass is 32.1. The molecule has 1 aliphatic heterocycles. The number of ether oxygens (including phenoxy) is 3. The maximum atomic E-state index is 13.5. The number of H-pyrrole nitrogens is 1. The first kappa shape index (κ1) is 27.9. The highest BCUT2D eigenvalue weighted by Gasteiger charge is 2.37. The van der Waals surface area contributed by atoms with Crippen molar-refractivity contribution in [2.45, 2.75) is 26.2 Å². The predicted molar refractivity (Wildman–Crippen MR) is 154 cm³/mol. The summed E-state index contributed by atoms with van der Waals surface area (Å²) in [7, 11) is 1.63. The molecule has 9 nitrogen and oxygen atoms in total. The van der Waals surface area contributed by atoms with E-state index in [9.17, 15) is 18.8 Å². The standard InChI is InChI=1S/C30H28FN3O6S/c1-5-38-29(37)40-23-16-34(27(35)18-8-10-19(31)11-9-18)17-30(2,3)25-21-13-12-20(15-22(21)32-26(23)25)39-28(36)33(4)24-7-6-14-41-24/h6-16,32H,5,17H2,1-4H3. The van der Waals surface area contributed by atoms with Gasteiger partial charge in [-0.25, -0.2) is 14.0 Å². The van der Waals surface area contributed by atoms with Crippen LogP contribution in [-0.2, 0) is 14.9 Å². The Hall–Kier alpha value is -4.64. The first-order chi connectivity index (χ1) is 19.6. The van der Waals surface area contributed by atoms with Crippen molar-refractivity contribution >= 4 is 51.2 Å². The van der Waals surface area contributed by atoms with E-state index in [0.717, 1.165) is 16.0 Å². The second-order valence-corrected chi connectivity index (χ2v) is 11.0. The molecular weight excluding hydrogens is 549 g/mol. The number of hydrogen-bond acceptors (Lipinski definition) is 7. The van der Waals surface area contributed by atoms with Gasteiger partial charge in [-0.05, 0) is 66.4 Å². The summed E-state index contributed by atoms with van der Waals surface area (Å²) < 4.78 is 29.7. The van der Waals surface area contributed by atoms with Crippen LogP contribution < -0.4 is 9.64 Å². The van der Waals surface area contributed by atoms with Crippen LogP contribution in [0, 0.1) is 5.82 Å². The number of halogens is 1. The van der Waals surface area contributed by atoms with E-state index in [0.29, 0.717) is 17.0 Å². The van der Waals surface area contributed by atoms with Crippen molar-refractivity contribution in [2.24, 2.45) is 0 Å². The number of aromatic amines is 1. The normalized spacial score (nSPS) is 14.1. The third-order valence-electron chi connectivity index (χ3n) is 6.66. The van der Waals surface area contributed by atoms with Gasteiger partial charge in [0.05, 0.1) is 18.5 Å². The van der Waals surface area contributed by atoms with Crippen LogP contribution in [0.5, 0.6) is 5.75 Å². The quantitative estimate of drug-likeness (QED) is 0.259. The van der Waals surface area contributed by atoms with Crippen molar-refractivity contribution in [1.29, 1.82) is 0 Å². The van der Waals surface area contributed by atoms with Crippen LogP contribution in [0.15, 0.2) is 66.2 Å². The molecule has 5 rings (SSSR count). The van der Waals surface area contributed by atoms with E-state index < -0.39 is 23.5 Å². The summed E-state index contributed by atoms with van der Waals surface area (Å²) in [6.07, 6.45) is -0.0208. The Kier molecular flexibility index (Phi) is 7.55. The number of amides is 2. The van der Waals surface area contributed by atoms with Gasteiger partial charge in [0.25, 0.3) is 5.91 Å². The SMILES string of the molecule is CCOC(=O)OC1=CN(C(=O)c2ccc(F)cc2)CC(C)(C)c2c1[nH]c1cc(OC(=O)N(C)c3cccs3)ccc21. The van der Waals surface area contributed by atoms with Crippen molar-refractivity contribution in [2.75, 3.05) is 25.1 Å². The molecule has 212 valence electrons. The van der Waals surface area contributed by atoms with Gasteiger partial charge in [-0.15, -0.1) is 11.3 Å². The van der Waals surface area contributed by atoms with E-state index >= 15 is 0 Å². The molecule has 3 heterocycles. The molecule has 0 saturated heterocycles. The number of thiophene rings is 1. The van der Waals surface area contributed by atoms with Crippen LogP contribution in [-0.4, -0.2) is 48.2 Å². The second kappa shape index (κ2) is 11.1. The maximum Gasteiger partial charge on any atom is 0.513 e. The van der Waals surface area contributed by atoms with E-state index in [1.165, 1.54) is 51.6 Å². The van der Waals surface area contributed by atoms with Gasteiger partial charge in [0.2, 0.25) is 0 Å². The molecule has 4 aromatic rings. The molecule has 0 aliphatic carbocycles. The lowest BCUT2D eigenvalue weighted by Crippen LogP contribution is -2.36. The van der Waals surface area contributed by atoms with Crippen LogP contribution in [0.4, 0.5) is 19.0 Å². The summed E-state index contributed by atoms with van der Waals surface area (Å²) in [6, 6.07) is 14.1. The van der Waals surface area contributed by atoms with Crippen LogP contribution in [0.1, 0.15) is 42.4 Å². The summed E-state index contributed by atoms with van der Waals surface area (Å²) in [6.45, 7) is 5.92. The Morgan fingerprint density at radius 2 is 1.85 bits per heavy atom. The monoisotopic (exact) mass is 577 g/mol. The van der Waals surface area contributed by atoms with Gasteiger partial charge in [0.15, 0.2) is 5.76 Å². The Morgan fingerprint density at radius 3 is 2.54 bits per heavy atom. The topological polar surface area (TPSA) is 101 Å². The number of carbonyl (C=O) groups excluding carboxylic acids is 3. The van der Waals surface area contributed by atoms with Gasteiger partial charge in [0.1, 0.15) is 16.6 Å². The fourth-order valence-electron chi connectivity index (χ4n) is 4.81. The van der Waals surface area contributed by atoms with Crippen LogP contribution in [0.3, 0.4) is 0 Å². The van der Waals surface area contributed by atoms with Crippen LogP contribution in [0.25, 0.3) is 16.7 Å². The lowest BCUT2D eigenvalue weighted by atomic mass is 9.82. The Morgan fingerprint density at radius 1 is 1.10 bits per heavy atom. The van der Waals surface area contributed by atoms with Gasteiger partial charge in [-0.2, -0.15) is 0 Å². The smallest absolute Gasteiger partial charge is 0.434 e. The molecule has 2 aromatic heterocycles. The maximum absolute atomic E-state index is 13.5. The average Bonchev–Trinajstić information content (AvgIpc) is 3.58. The molecule has 0 fully saturated rings. The molecule has 2 aromatic carbocycles. The summed E-state index contributed by atoms with van der Waals surface area (Å²) >= 11 is 1.42. The van der Waals surface area contributed by atoms with Crippen molar-refractivity contribution in [1.82, 2.24) is 9.88 Å². The first-order valence-corrected chi connectivity index (χ1v) is 13.7. The van der Waals surface area contributed by atoms with Gasteiger partial charge in [-0.3, -0.25) is 9.69 Å². The molecule has 0 saturated carbocycles. The molecule has 0 spiro atoms. The molecule has 1 N–H and O–H groups in total. The van der Waals surface area contributed by atoms with E-state index in [2.05, 4.69) is 4.98 Å². The zero-order valence-electron chi connectivity index (χ0n) is 22.9. The highest BCUT2D eigenvalue weighted by molar-refractivity contribution is 7.14. The molecule has 0 radical (unpaired) electrons. The molecule has 2 amide bonds. The summed E-state index contributed by atoms with van der Waals surface area (Å²) in [4.78, 5) is 44.8. The van der Waals surface area contributed by atoms with Gasteiger partial charge >= 0.3 is 12.2 Å². The minimum absolute atomic E-state index is 0.0756. The lowest BCUT2D eigenvalue weighted by Gasteiger charge is -2.29. The number of fused-ring (bicyclic) bond motifs is 3. The van der Waals surface area contributed by atoms with Gasteiger partial charge in [-0.1, -0.05) is 13.8 Å². The molecular formula is C30H28FN3O6S. The zero-order valence-corrected chi connectivity index (χ0v) is 23.7. The highest BCUT2D eigenvalue weighted by Crippen LogP contribution is 2.41. The lowest BCUT2D eigenvalue weighted by molar-refractivity contribution is 0.0788. The van der Waals surface area contributed by atoms with Crippen LogP contribution in [0.2, 0.25) is 0 Å². The molecule has 0 bridgehead atoms. The van der Waals surface area contributed by atoms with Crippen molar-refractivity contribution in [3.05, 3.63) is 88.8 Å². The van der Waals surface area contributed by atoms with Crippen molar-refractivity contribution in [3.8, 4) is 5.75 Å². The number of hydrogen-bond donors (Lipinski definition) is 1. The number of nitrogens with zero attached hydrogens (tertiary/aromatic N) is 2. The van der Waals surface area contributed by atoms with Crippen LogP contribution >= 0.6 is 11.3 Å². The average molecular weight is 578 g/mol. The number of nitrogens with one attached hydrogen (secondary N) is 1. The molecule has 0 unspecified atom stereocenters. The number of rotatable bonds is 5. The van der Waals surface area contributed by atoms with Crippen molar-refractivity contribution in [3.63, 3.8) is 0 Å². The number of aromatic nitrogens is 1. The van der Waals surface area contributed by atoms with E-state index in [4.69, 9.17) is 14.2 Å². The fourth-order valence-corrected chi connectivity index (χ4v) is 5.49. The molecule has 0 atom stereocenters. The number of carbonyl (C=O) groups is 3. The minimum Gasteiger partial charge on any atom is -0.434 e. The number of benzene rings is 2. The Labute approximate surface area is 239 Å². The molecule has 11 heteroatoms. The molecule has 41 heavy (non-hydrogen) atoms. The summed E-state index contributed by atoms with van der Waals surface area (Å²) in [5.74, 6) is -0.442. The minimum atomic E-state index is -0.927. The zero-order chi connectivity index (χ0) is 29.3. The second-order valence-electron chi connectivity index (χ2n) is 10.1. The van der Waals surface area contributed by atoms with Gasteiger partial charge in [0, 0.05) is 41.5 Å². The molecule has 1 aliphatic rings. The third kappa shape index (κ3) is 5.66. The summed E-state index contributed by atoms with van der Waals surface area (Å²) in [5, 5.41) is 3.41. The number of anilines is 1. The van der Waals surface area contributed by atoms with Gasteiger partial charge < -0.3 is 24.1 Å². The third-order valence-corrected chi connectivity index (χ3v) is 7.60. The largest absolute Gasteiger partial charge is 0.513 e. The van der Waals surface area contributed by atoms with E-state index in [1.54, 1.807) is 26.1 Å². The fraction of sp³-hybridized carbons (Fsp3) is 0.233. The van der Waals surface area contributed by atoms with E-state index in [1.807, 2.05) is 37.4 Å². The predicted octanol–water partition coefficient (Wildman–Crippen LogP) is 6.91. The Bertz CT molecular complexity index is 1640. The summed E-state index contributed by atoms with van der Waals surface area (Å²) in [5.41, 5.74) is 1.56.